The lowest BCUT2D eigenvalue weighted by atomic mass is 10.2. The zero-order valence-corrected chi connectivity index (χ0v) is 20.4. The van der Waals surface area contributed by atoms with Crippen LogP contribution in [0, 0.1) is 0 Å². The van der Waals surface area contributed by atoms with E-state index in [0.717, 1.165) is 0 Å². The Morgan fingerprint density at radius 3 is 0.889 bits per heavy atom. The second-order valence-electron chi connectivity index (χ2n) is 8.11. The van der Waals surface area contributed by atoms with Gasteiger partial charge >= 0.3 is 0 Å². The van der Waals surface area contributed by atoms with Crippen LogP contribution >= 0.6 is 0 Å². The minimum absolute atomic E-state index is 1.17. The molecule has 0 saturated heterocycles. The smallest absolute Gasteiger partial charge is 0.00213 e. The molecule has 4 heteroatoms. The second kappa shape index (κ2) is 22.1. The molecule has 0 heterocycles. The van der Waals surface area contributed by atoms with Gasteiger partial charge in [-0.25, -0.2) is 0 Å². The first-order valence-corrected chi connectivity index (χ1v) is 11.6. The van der Waals surface area contributed by atoms with Crippen LogP contribution < -0.4 is 0 Å². The summed E-state index contributed by atoms with van der Waals surface area (Å²) < 4.78 is 0. The van der Waals surface area contributed by atoms with Crippen LogP contribution in [-0.4, -0.2) is 100 Å². The van der Waals surface area contributed by atoms with E-state index in [1.54, 1.807) is 0 Å². The first kappa shape index (κ1) is 29.0. The molecule has 0 bridgehead atoms. The minimum Gasteiger partial charge on any atom is -0.307 e. The van der Waals surface area contributed by atoms with Crippen molar-refractivity contribution in [3.8, 4) is 0 Å². The lowest BCUT2D eigenvalue weighted by Gasteiger charge is -2.18. The van der Waals surface area contributed by atoms with Gasteiger partial charge in [-0.3, -0.25) is 0 Å². The summed E-state index contributed by atoms with van der Waals surface area (Å²) >= 11 is 0. The maximum absolute atomic E-state index is 2.47. The quantitative estimate of drug-likeness (QED) is 0.341. The fourth-order valence-electron chi connectivity index (χ4n) is 2.74. The summed E-state index contributed by atoms with van der Waals surface area (Å²) in [5, 5.41) is 0. The fourth-order valence-corrected chi connectivity index (χ4v) is 2.74. The van der Waals surface area contributed by atoms with Crippen molar-refractivity contribution in [2.24, 2.45) is 0 Å². The highest BCUT2D eigenvalue weighted by atomic mass is 15.1. The van der Waals surface area contributed by atoms with Crippen LogP contribution in [0.2, 0.25) is 0 Å². The first-order valence-electron chi connectivity index (χ1n) is 11.6. The van der Waals surface area contributed by atoms with Crippen LogP contribution in [0.4, 0.5) is 0 Å². The summed E-state index contributed by atoms with van der Waals surface area (Å²) in [6, 6.07) is 0. The predicted octanol–water partition coefficient (Wildman–Crippen LogP) is 4.51. The number of hydrogen-bond acceptors (Lipinski definition) is 4. The highest BCUT2D eigenvalue weighted by molar-refractivity contribution is 4.55. The van der Waals surface area contributed by atoms with Crippen LogP contribution in [0.5, 0.6) is 0 Å². The fraction of sp³-hybridized carbons (Fsp3) is 1.00. The predicted molar refractivity (Wildman–Crippen MR) is 125 cm³/mol. The zero-order valence-electron chi connectivity index (χ0n) is 20.4. The Labute approximate surface area is 173 Å². The lowest BCUT2D eigenvalue weighted by molar-refractivity contribution is 0.295. The summed E-state index contributed by atoms with van der Waals surface area (Å²) in [6.45, 7) is 18.7. The Morgan fingerprint density at radius 1 is 0.370 bits per heavy atom. The summed E-state index contributed by atoms with van der Waals surface area (Å²) in [7, 11) is 8.82. The van der Waals surface area contributed by atoms with Gasteiger partial charge < -0.3 is 19.6 Å². The van der Waals surface area contributed by atoms with Gasteiger partial charge in [0.2, 0.25) is 0 Å². The molecule has 0 atom stereocenters. The Balaban J connectivity index is 0. The van der Waals surface area contributed by atoms with Crippen molar-refractivity contribution in [1.82, 2.24) is 19.6 Å². The normalized spacial score (nSPS) is 11.6. The molecule has 0 amide bonds. The van der Waals surface area contributed by atoms with Crippen molar-refractivity contribution in [1.29, 1.82) is 0 Å². The van der Waals surface area contributed by atoms with E-state index in [0.29, 0.717) is 0 Å². The van der Waals surface area contributed by atoms with Gasteiger partial charge in [-0.05, 0) is 113 Å². The van der Waals surface area contributed by atoms with Gasteiger partial charge in [-0.2, -0.15) is 0 Å². The maximum atomic E-state index is 2.47. The van der Waals surface area contributed by atoms with Crippen molar-refractivity contribution in [2.45, 2.75) is 72.6 Å². The number of nitrogens with zero attached hydrogens (tertiary/aromatic N) is 4. The summed E-state index contributed by atoms with van der Waals surface area (Å²) in [6.07, 6.45) is 9.40. The van der Waals surface area contributed by atoms with Gasteiger partial charge in [0.05, 0.1) is 0 Å². The number of rotatable bonds is 17. The molecule has 0 radical (unpaired) electrons. The van der Waals surface area contributed by atoms with Crippen LogP contribution in [0.15, 0.2) is 0 Å². The molecule has 0 aromatic rings. The van der Waals surface area contributed by atoms with Crippen molar-refractivity contribution in [3.63, 3.8) is 0 Å². The average molecular weight is 387 g/mol. The van der Waals surface area contributed by atoms with E-state index in [1.165, 1.54) is 97.3 Å². The summed E-state index contributed by atoms with van der Waals surface area (Å²) in [5.41, 5.74) is 0. The van der Waals surface area contributed by atoms with E-state index in [1.807, 2.05) is 0 Å². The first-order chi connectivity index (χ1) is 12.9. The minimum atomic E-state index is 1.17. The molecule has 0 aliphatic rings. The van der Waals surface area contributed by atoms with Crippen LogP contribution in [-0.2, 0) is 0 Å². The van der Waals surface area contributed by atoms with E-state index >= 15 is 0 Å². The molecule has 0 N–H and O–H groups in total. The number of hydrogen-bond donors (Lipinski definition) is 0. The molecule has 0 aliphatic heterocycles. The average Bonchev–Trinajstić information content (AvgIpc) is 2.68. The molecule has 0 aromatic carbocycles. The van der Waals surface area contributed by atoms with Gasteiger partial charge in [0.1, 0.15) is 0 Å². The largest absolute Gasteiger partial charge is 0.307 e. The summed E-state index contributed by atoms with van der Waals surface area (Å²) in [5.74, 6) is 0. The molecule has 4 nitrogen and oxygen atoms in total. The summed E-state index contributed by atoms with van der Waals surface area (Å²) in [4.78, 5) is 9.59. The van der Waals surface area contributed by atoms with Gasteiger partial charge in [-0.1, -0.05) is 40.5 Å². The topological polar surface area (TPSA) is 13.0 Å². The maximum Gasteiger partial charge on any atom is -0.00213 e. The Kier molecular flexibility index (Phi) is 23.8. The highest BCUT2D eigenvalue weighted by Gasteiger charge is 1.99. The van der Waals surface area contributed by atoms with Crippen molar-refractivity contribution in [2.75, 3.05) is 80.5 Å². The van der Waals surface area contributed by atoms with Gasteiger partial charge in [-0.15, -0.1) is 0 Å². The second-order valence-corrected chi connectivity index (χ2v) is 8.11. The molecule has 0 aromatic heterocycles. The third-order valence-electron chi connectivity index (χ3n) is 5.42. The van der Waals surface area contributed by atoms with Crippen LogP contribution in [0.3, 0.4) is 0 Å². The standard InChI is InChI=1S/C13H30N2.C10H24N2/c1-5-7-8-12-15(4)13-10-9-11-14(3)6-2;1-5-11(3)9-7-8-10-12(4)6-2/h5-13H2,1-4H3;5-10H2,1-4H3. The SMILES string of the molecule is CCCCCN(C)CCCCN(C)CC.CCN(C)CCCCN(C)CC. The Morgan fingerprint density at radius 2 is 0.630 bits per heavy atom. The van der Waals surface area contributed by atoms with E-state index in [-0.39, 0.29) is 0 Å². The molecule has 166 valence electrons. The molecular formula is C23H54N4. The monoisotopic (exact) mass is 386 g/mol. The van der Waals surface area contributed by atoms with Gasteiger partial charge in [0.15, 0.2) is 0 Å². The van der Waals surface area contributed by atoms with Crippen molar-refractivity contribution in [3.05, 3.63) is 0 Å². The third-order valence-corrected chi connectivity index (χ3v) is 5.42. The van der Waals surface area contributed by atoms with Crippen molar-refractivity contribution >= 4 is 0 Å². The molecule has 0 aliphatic carbocycles. The van der Waals surface area contributed by atoms with Gasteiger partial charge in [0, 0.05) is 0 Å². The zero-order chi connectivity index (χ0) is 20.9. The van der Waals surface area contributed by atoms with Crippen LogP contribution in [0.1, 0.15) is 72.6 Å². The Bertz CT molecular complexity index is 261. The molecule has 0 rings (SSSR count). The van der Waals surface area contributed by atoms with Gasteiger partial charge in [0.25, 0.3) is 0 Å². The Hall–Kier alpha value is -0.160. The molecule has 27 heavy (non-hydrogen) atoms. The number of unbranched alkanes of at least 4 members (excludes halogenated alkanes) is 4. The molecular weight excluding hydrogens is 332 g/mol. The third kappa shape index (κ3) is 23.8. The van der Waals surface area contributed by atoms with Crippen molar-refractivity contribution < 1.29 is 0 Å². The molecule has 0 saturated carbocycles. The van der Waals surface area contributed by atoms with E-state index in [2.05, 4.69) is 75.5 Å². The molecule has 0 unspecified atom stereocenters. The van der Waals surface area contributed by atoms with E-state index < -0.39 is 0 Å². The lowest BCUT2D eigenvalue weighted by Crippen LogP contribution is -2.23. The van der Waals surface area contributed by atoms with E-state index in [9.17, 15) is 0 Å². The molecule has 0 fully saturated rings. The highest BCUT2D eigenvalue weighted by Crippen LogP contribution is 1.99. The van der Waals surface area contributed by atoms with Crippen LogP contribution in [0.25, 0.3) is 0 Å². The van der Waals surface area contributed by atoms with E-state index in [4.69, 9.17) is 0 Å². The molecule has 0 spiro atoms.